The van der Waals surface area contributed by atoms with E-state index in [-0.39, 0.29) is 0 Å². The van der Waals surface area contributed by atoms with Gasteiger partial charge in [0.1, 0.15) is 0 Å². The minimum absolute atomic E-state index is 1.25. The molecule has 0 atom stereocenters. The van der Waals surface area contributed by atoms with Gasteiger partial charge in [-0.1, -0.05) is 97.1 Å². The molecule has 0 spiro atoms. The van der Waals surface area contributed by atoms with Crippen LogP contribution in [0.3, 0.4) is 0 Å². The third-order valence-electron chi connectivity index (χ3n) is 10.1. The highest BCUT2D eigenvalue weighted by molar-refractivity contribution is 7.36. The monoisotopic (exact) mass is 642 g/mol. The maximum Gasteiger partial charge on any atom is 0.0542 e. The molecular formula is C46H26S2. The van der Waals surface area contributed by atoms with Crippen LogP contribution in [0.5, 0.6) is 0 Å². The van der Waals surface area contributed by atoms with Gasteiger partial charge in [-0.3, -0.25) is 0 Å². The quantitative estimate of drug-likeness (QED) is 0.165. The number of rotatable bonds is 2. The average Bonchev–Trinajstić information content (AvgIpc) is 3.66. The van der Waals surface area contributed by atoms with Crippen LogP contribution >= 0.6 is 22.7 Å². The average molecular weight is 643 g/mol. The van der Waals surface area contributed by atoms with E-state index < -0.39 is 0 Å². The minimum atomic E-state index is 1.25. The Morgan fingerprint density at radius 3 is 1.06 bits per heavy atom. The zero-order valence-corrected chi connectivity index (χ0v) is 27.5. The van der Waals surface area contributed by atoms with Crippen LogP contribution < -0.4 is 0 Å². The lowest BCUT2D eigenvalue weighted by Crippen LogP contribution is -1.83. The lowest BCUT2D eigenvalue weighted by Gasteiger charge is -2.09. The Hall–Kier alpha value is -5.54. The molecule has 2 heteroatoms. The number of hydrogen-bond acceptors (Lipinski definition) is 2. The van der Waals surface area contributed by atoms with Crippen molar-refractivity contribution < 1.29 is 0 Å². The Balaban J connectivity index is 0.962. The lowest BCUT2D eigenvalue weighted by molar-refractivity contribution is 1.66. The van der Waals surface area contributed by atoms with Gasteiger partial charge in [0.25, 0.3) is 0 Å². The van der Waals surface area contributed by atoms with Gasteiger partial charge < -0.3 is 0 Å². The minimum Gasteiger partial charge on any atom is -0.134 e. The van der Waals surface area contributed by atoms with Crippen LogP contribution in [0.1, 0.15) is 0 Å². The zero-order valence-electron chi connectivity index (χ0n) is 25.8. The zero-order chi connectivity index (χ0) is 31.3. The first-order valence-corrected chi connectivity index (χ1v) is 18.0. The van der Waals surface area contributed by atoms with Gasteiger partial charge in [0, 0.05) is 20.2 Å². The van der Waals surface area contributed by atoms with Gasteiger partial charge in [0.05, 0.1) is 9.40 Å². The maximum absolute atomic E-state index is 2.40. The highest BCUT2D eigenvalue weighted by atomic mass is 32.1. The van der Waals surface area contributed by atoms with E-state index in [9.17, 15) is 0 Å². The number of benzene rings is 9. The van der Waals surface area contributed by atoms with E-state index >= 15 is 0 Å². The second kappa shape index (κ2) is 9.98. The summed E-state index contributed by atoms with van der Waals surface area (Å²) >= 11 is 3.87. The van der Waals surface area contributed by atoms with E-state index in [1.807, 2.05) is 22.7 Å². The molecule has 0 aliphatic carbocycles. The molecule has 0 bridgehead atoms. The van der Waals surface area contributed by atoms with Crippen LogP contribution in [0, 0.1) is 0 Å². The first-order valence-electron chi connectivity index (χ1n) is 16.4. The topological polar surface area (TPSA) is 0 Å². The molecule has 0 radical (unpaired) electrons. The van der Waals surface area contributed by atoms with Crippen LogP contribution in [0.2, 0.25) is 0 Å². The molecule has 0 aliphatic heterocycles. The predicted octanol–water partition coefficient (Wildman–Crippen LogP) is 14.4. The molecule has 0 amide bonds. The second-order valence-electron chi connectivity index (χ2n) is 13.0. The molecule has 11 rings (SSSR count). The van der Waals surface area contributed by atoms with Crippen molar-refractivity contribution in [1.82, 2.24) is 0 Å². The molecule has 0 N–H and O–H groups in total. The normalized spacial score (nSPS) is 12.2. The molecule has 2 heterocycles. The van der Waals surface area contributed by atoms with Crippen molar-refractivity contribution in [2.45, 2.75) is 0 Å². The molecule has 222 valence electrons. The molecule has 11 aromatic rings. The van der Waals surface area contributed by atoms with Gasteiger partial charge in [-0.2, -0.15) is 0 Å². The third-order valence-corrected chi connectivity index (χ3v) is 12.6. The SMILES string of the molecule is c1ccc2cc3cc(-c4ccc5cc(-c6ccc7cc8c(cc7c6)sc6c7cc9ccccc9cc7sc86)ccc5c4)ccc3cc2c1. The number of fused-ring (bicyclic) bond motifs is 10. The van der Waals surface area contributed by atoms with Crippen LogP contribution in [-0.4, -0.2) is 0 Å². The fourth-order valence-electron chi connectivity index (χ4n) is 7.59. The van der Waals surface area contributed by atoms with Crippen molar-refractivity contribution in [2.24, 2.45) is 0 Å². The van der Waals surface area contributed by atoms with Gasteiger partial charge in [-0.05, 0) is 137 Å². The van der Waals surface area contributed by atoms with E-state index in [0.29, 0.717) is 0 Å². The highest BCUT2D eigenvalue weighted by Gasteiger charge is 2.14. The summed E-state index contributed by atoms with van der Waals surface area (Å²) in [6.07, 6.45) is 0. The molecule has 48 heavy (non-hydrogen) atoms. The molecule has 2 aromatic heterocycles. The summed E-state index contributed by atoms with van der Waals surface area (Å²) in [6, 6.07) is 58.9. The number of thiophene rings is 2. The van der Waals surface area contributed by atoms with E-state index in [4.69, 9.17) is 0 Å². The van der Waals surface area contributed by atoms with Gasteiger partial charge >= 0.3 is 0 Å². The predicted molar refractivity (Wildman–Crippen MR) is 213 cm³/mol. The van der Waals surface area contributed by atoms with E-state index in [2.05, 4.69) is 158 Å². The highest BCUT2D eigenvalue weighted by Crippen LogP contribution is 2.46. The van der Waals surface area contributed by atoms with Crippen LogP contribution in [0.25, 0.3) is 106 Å². The van der Waals surface area contributed by atoms with Crippen LogP contribution in [-0.2, 0) is 0 Å². The Bertz CT molecular complexity index is 3120. The number of hydrogen-bond donors (Lipinski definition) is 0. The summed E-state index contributed by atoms with van der Waals surface area (Å²) in [6.45, 7) is 0. The lowest BCUT2D eigenvalue weighted by atomic mass is 9.95. The van der Waals surface area contributed by atoms with E-state index in [0.717, 1.165) is 0 Å². The van der Waals surface area contributed by atoms with Crippen molar-refractivity contribution >= 4 is 106 Å². The third kappa shape index (κ3) is 4.07. The summed E-state index contributed by atoms with van der Waals surface area (Å²) in [5.74, 6) is 0. The first-order chi connectivity index (χ1) is 23.7. The molecular weight excluding hydrogens is 617 g/mol. The van der Waals surface area contributed by atoms with Crippen molar-refractivity contribution in [3.8, 4) is 22.3 Å². The van der Waals surface area contributed by atoms with Gasteiger partial charge in [0.15, 0.2) is 0 Å². The van der Waals surface area contributed by atoms with E-state index in [1.165, 1.54) is 106 Å². The molecule has 0 aliphatic rings. The van der Waals surface area contributed by atoms with Crippen LogP contribution in [0.15, 0.2) is 158 Å². The van der Waals surface area contributed by atoms with Gasteiger partial charge in [0.2, 0.25) is 0 Å². The molecule has 0 nitrogen and oxygen atoms in total. The largest absolute Gasteiger partial charge is 0.134 e. The van der Waals surface area contributed by atoms with Crippen molar-refractivity contribution in [3.05, 3.63) is 158 Å². The fourth-order valence-corrected chi connectivity index (χ4v) is 10.3. The summed E-state index contributed by atoms with van der Waals surface area (Å²) < 4.78 is 5.57. The van der Waals surface area contributed by atoms with Crippen molar-refractivity contribution in [2.75, 3.05) is 0 Å². The molecule has 0 saturated carbocycles. The smallest absolute Gasteiger partial charge is 0.0542 e. The Morgan fingerprint density at radius 1 is 0.250 bits per heavy atom. The molecule has 0 fully saturated rings. The fraction of sp³-hybridized carbons (Fsp3) is 0. The summed E-state index contributed by atoms with van der Waals surface area (Å²) in [5, 5.41) is 15.6. The van der Waals surface area contributed by atoms with Gasteiger partial charge in [-0.25, -0.2) is 0 Å². The summed E-state index contributed by atoms with van der Waals surface area (Å²) in [5.41, 5.74) is 5.00. The summed E-state index contributed by atoms with van der Waals surface area (Å²) in [7, 11) is 0. The standard InChI is InChI=1S/C46H26S2/c1-2-6-28-20-39-21-35(13-15-37(39)17-27(28)5-1)33-11-9-32-19-34(12-10-31(32)18-33)36-14-16-38-24-42-44(26-40(38)22-36)48-45-41-23-29-7-3-4-8-30(29)25-43(41)47-46(42)45/h1-26H. The van der Waals surface area contributed by atoms with Crippen molar-refractivity contribution in [1.29, 1.82) is 0 Å². The maximum atomic E-state index is 2.40. The van der Waals surface area contributed by atoms with Crippen molar-refractivity contribution in [3.63, 3.8) is 0 Å². The van der Waals surface area contributed by atoms with Gasteiger partial charge in [-0.15, -0.1) is 22.7 Å². The molecule has 0 saturated heterocycles. The first kappa shape index (κ1) is 26.5. The second-order valence-corrected chi connectivity index (χ2v) is 15.1. The molecule has 9 aromatic carbocycles. The van der Waals surface area contributed by atoms with Crippen LogP contribution in [0.4, 0.5) is 0 Å². The molecule has 0 unspecified atom stereocenters. The Morgan fingerprint density at radius 2 is 0.562 bits per heavy atom. The van der Waals surface area contributed by atoms with E-state index in [1.54, 1.807) is 0 Å². The Labute approximate surface area is 284 Å². The summed E-state index contributed by atoms with van der Waals surface area (Å²) in [4.78, 5) is 0. The Kier molecular flexibility index (Phi) is 5.51.